The summed E-state index contributed by atoms with van der Waals surface area (Å²) in [5, 5.41) is 12.8. The third-order valence-corrected chi connectivity index (χ3v) is 4.02. The number of benzene rings is 1. The van der Waals surface area contributed by atoms with Crippen LogP contribution in [-0.2, 0) is 17.1 Å². The van der Waals surface area contributed by atoms with Gasteiger partial charge in [0.15, 0.2) is 0 Å². The van der Waals surface area contributed by atoms with Gasteiger partial charge >= 0.3 is 5.97 Å². The first-order valence-electron chi connectivity index (χ1n) is 5.66. The average Bonchev–Trinajstić information content (AvgIpc) is 2.67. The predicted molar refractivity (Wildman–Crippen MR) is 72.2 cm³/mol. The highest BCUT2D eigenvalue weighted by Gasteiger charge is 2.17. The summed E-state index contributed by atoms with van der Waals surface area (Å²) in [6, 6.07) is 6.57. The van der Waals surface area contributed by atoms with Crippen LogP contribution in [0.1, 0.15) is 16.1 Å². The maximum absolute atomic E-state index is 12.1. The van der Waals surface area contributed by atoms with E-state index in [0.717, 1.165) is 0 Å². The molecular weight excluding hydrogens is 282 g/mol. The van der Waals surface area contributed by atoms with E-state index in [-0.39, 0.29) is 10.5 Å². The lowest BCUT2D eigenvalue weighted by atomic mass is 10.2. The van der Waals surface area contributed by atoms with Gasteiger partial charge in [-0.15, -0.1) is 0 Å². The van der Waals surface area contributed by atoms with Crippen LogP contribution in [0.25, 0.3) is 0 Å². The fraction of sp³-hybridized carbons (Fsp3) is 0.167. The summed E-state index contributed by atoms with van der Waals surface area (Å²) in [5.41, 5.74) is 0.715. The number of nitrogens with zero attached hydrogens (tertiary/aromatic N) is 2. The largest absolute Gasteiger partial charge is 0.478 e. The third-order valence-electron chi connectivity index (χ3n) is 2.65. The second kappa shape index (κ2) is 4.97. The zero-order chi connectivity index (χ0) is 14.9. The molecule has 2 aromatic rings. The SMILES string of the molecule is Cc1cc(NS(=O)(=O)c2ccc(C(=O)O)cc2)n(C)n1. The lowest BCUT2D eigenvalue weighted by Crippen LogP contribution is -2.15. The molecule has 2 N–H and O–H groups in total. The Kier molecular flexibility index (Phi) is 3.49. The molecule has 0 unspecified atom stereocenters. The molecule has 1 heterocycles. The van der Waals surface area contributed by atoms with Crippen molar-refractivity contribution in [1.29, 1.82) is 0 Å². The van der Waals surface area contributed by atoms with E-state index in [2.05, 4.69) is 9.82 Å². The number of sulfonamides is 1. The number of carboxylic acid groups (broad SMARTS) is 1. The van der Waals surface area contributed by atoms with Gasteiger partial charge in [0.25, 0.3) is 10.0 Å². The van der Waals surface area contributed by atoms with Gasteiger partial charge in [-0.05, 0) is 31.2 Å². The fourth-order valence-electron chi connectivity index (χ4n) is 1.68. The molecule has 7 nitrogen and oxygen atoms in total. The van der Waals surface area contributed by atoms with E-state index in [0.29, 0.717) is 11.5 Å². The van der Waals surface area contributed by atoms with Crippen molar-refractivity contribution in [2.75, 3.05) is 4.72 Å². The topological polar surface area (TPSA) is 101 Å². The van der Waals surface area contributed by atoms with Crippen LogP contribution in [0.3, 0.4) is 0 Å². The number of aryl methyl sites for hydroxylation is 2. The number of hydrogen-bond acceptors (Lipinski definition) is 4. The maximum atomic E-state index is 12.1. The average molecular weight is 295 g/mol. The Morgan fingerprint density at radius 2 is 1.90 bits per heavy atom. The van der Waals surface area contributed by atoms with Crippen molar-refractivity contribution in [2.24, 2.45) is 7.05 Å². The summed E-state index contributed by atoms with van der Waals surface area (Å²) in [5.74, 6) is -0.769. The molecule has 0 saturated carbocycles. The van der Waals surface area contributed by atoms with E-state index in [9.17, 15) is 13.2 Å². The van der Waals surface area contributed by atoms with Crippen LogP contribution < -0.4 is 4.72 Å². The van der Waals surface area contributed by atoms with E-state index in [1.807, 2.05) is 0 Å². The van der Waals surface area contributed by atoms with Crippen molar-refractivity contribution in [2.45, 2.75) is 11.8 Å². The Hall–Kier alpha value is -2.35. The van der Waals surface area contributed by atoms with Crippen molar-refractivity contribution < 1.29 is 18.3 Å². The van der Waals surface area contributed by atoms with Crippen molar-refractivity contribution in [3.8, 4) is 0 Å². The number of anilines is 1. The van der Waals surface area contributed by atoms with Crippen LogP contribution in [0.4, 0.5) is 5.82 Å². The Morgan fingerprint density at radius 3 is 2.35 bits per heavy atom. The highest BCUT2D eigenvalue weighted by molar-refractivity contribution is 7.92. The Morgan fingerprint density at radius 1 is 1.30 bits per heavy atom. The van der Waals surface area contributed by atoms with Crippen LogP contribution >= 0.6 is 0 Å². The lowest BCUT2D eigenvalue weighted by molar-refractivity contribution is 0.0696. The molecule has 0 amide bonds. The minimum Gasteiger partial charge on any atom is -0.478 e. The molecule has 106 valence electrons. The summed E-state index contributed by atoms with van der Waals surface area (Å²) in [6.07, 6.45) is 0. The van der Waals surface area contributed by atoms with Gasteiger partial charge in [-0.1, -0.05) is 0 Å². The zero-order valence-electron chi connectivity index (χ0n) is 10.9. The van der Waals surface area contributed by atoms with Gasteiger partial charge in [-0.3, -0.25) is 9.40 Å². The zero-order valence-corrected chi connectivity index (χ0v) is 11.7. The molecule has 0 aliphatic heterocycles. The van der Waals surface area contributed by atoms with E-state index in [1.54, 1.807) is 20.0 Å². The van der Waals surface area contributed by atoms with Crippen LogP contribution in [-0.4, -0.2) is 29.3 Å². The highest BCUT2D eigenvalue weighted by atomic mass is 32.2. The molecule has 2 rings (SSSR count). The molecule has 8 heteroatoms. The van der Waals surface area contributed by atoms with E-state index in [4.69, 9.17) is 5.11 Å². The summed E-state index contributed by atoms with van der Waals surface area (Å²) < 4.78 is 28.1. The third kappa shape index (κ3) is 2.80. The molecule has 0 fully saturated rings. The molecule has 0 aliphatic carbocycles. The molecule has 20 heavy (non-hydrogen) atoms. The molecule has 0 atom stereocenters. The standard InChI is InChI=1S/C12H13N3O4S/c1-8-7-11(15(2)13-8)14-20(18,19)10-5-3-9(4-6-10)12(16)17/h3-7,14H,1-2H3,(H,16,17). The number of carbonyl (C=O) groups is 1. The van der Waals surface area contributed by atoms with Crippen molar-refractivity contribution >= 4 is 21.8 Å². The van der Waals surface area contributed by atoms with Crippen molar-refractivity contribution in [1.82, 2.24) is 9.78 Å². The van der Waals surface area contributed by atoms with E-state index >= 15 is 0 Å². The fourth-order valence-corrected chi connectivity index (χ4v) is 2.76. The summed E-state index contributed by atoms with van der Waals surface area (Å²) in [7, 11) is -2.15. The van der Waals surface area contributed by atoms with Crippen molar-refractivity contribution in [3.05, 3.63) is 41.6 Å². The molecule has 1 aromatic carbocycles. The molecule has 0 radical (unpaired) electrons. The first-order valence-corrected chi connectivity index (χ1v) is 7.15. The van der Waals surface area contributed by atoms with E-state index < -0.39 is 16.0 Å². The summed E-state index contributed by atoms with van der Waals surface area (Å²) in [6.45, 7) is 1.75. The lowest BCUT2D eigenvalue weighted by Gasteiger charge is -2.08. The molecule has 1 aromatic heterocycles. The molecule has 0 spiro atoms. The number of aromatic carboxylic acids is 1. The van der Waals surface area contributed by atoms with Gasteiger partial charge in [0.05, 0.1) is 16.2 Å². The Bertz CT molecular complexity index is 748. The first-order chi connectivity index (χ1) is 9.29. The number of aromatic nitrogens is 2. The molecule has 0 aliphatic rings. The van der Waals surface area contributed by atoms with Crippen LogP contribution in [0.5, 0.6) is 0 Å². The monoisotopic (exact) mass is 295 g/mol. The number of carboxylic acids is 1. The van der Waals surface area contributed by atoms with Gasteiger partial charge in [0, 0.05) is 13.1 Å². The molecule has 0 bridgehead atoms. The number of hydrogen-bond donors (Lipinski definition) is 2. The minimum atomic E-state index is -3.77. The van der Waals surface area contributed by atoms with Gasteiger partial charge in [0.1, 0.15) is 5.82 Å². The van der Waals surface area contributed by atoms with Crippen molar-refractivity contribution in [3.63, 3.8) is 0 Å². The Balaban J connectivity index is 2.30. The Labute approximate surface area is 115 Å². The van der Waals surface area contributed by atoms with Crippen LogP contribution in [0.15, 0.2) is 35.2 Å². The smallest absolute Gasteiger partial charge is 0.335 e. The van der Waals surface area contributed by atoms with Gasteiger partial charge in [0.2, 0.25) is 0 Å². The van der Waals surface area contributed by atoms with Gasteiger partial charge < -0.3 is 5.11 Å². The van der Waals surface area contributed by atoms with Gasteiger partial charge in [-0.25, -0.2) is 13.2 Å². The van der Waals surface area contributed by atoms with Gasteiger partial charge in [-0.2, -0.15) is 5.10 Å². The maximum Gasteiger partial charge on any atom is 0.335 e. The second-order valence-corrected chi connectivity index (χ2v) is 5.91. The molecule has 0 saturated heterocycles. The summed E-state index contributed by atoms with van der Waals surface area (Å²) in [4.78, 5) is 10.7. The second-order valence-electron chi connectivity index (χ2n) is 4.23. The number of rotatable bonds is 4. The van der Waals surface area contributed by atoms with Crippen LogP contribution in [0.2, 0.25) is 0 Å². The normalized spacial score (nSPS) is 11.3. The quantitative estimate of drug-likeness (QED) is 0.883. The minimum absolute atomic E-state index is 0.0126. The summed E-state index contributed by atoms with van der Waals surface area (Å²) >= 11 is 0. The number of nitrogens with one attached hydrogen (secondary N) is 1. The molecular formula is C12H13N3O4S. The highest BCUT2D eigenvalue weighted by Crippen LogP contribution is 2.17. The predicted octanol–water partition coefficient (Wildman–Crippen LogP) is 1.23. The van der Waals surface area contributed by atoms with E-state index in [1.165, 1.54) is 28.9 Å². The van der Waals surface area contributed by atoms with Crippen LogP contribution in [0, 0.1) is 6.92 Å². The first kappa shape index (κ1) is 14.1.